The minimum absolute atomic E-state index is 0. The van der Waals surface area contributed by atoms with Crippen molar-refractivity contribution in [3.05, 3.63) is 24.0 Å². The first-order valence-electron chi connectivity index (χ1n) is 4.28. The Balaban J connectivity index is 0.00000225. The molecule has 8 heteroatoms. The number of ether oxygens (including phenoxy) is 1. The molecule has 1 heterocycles. The SMILES string of the molecule is CCOC(=O)c1ccc([B-](F)(F)F)cn1.[K+]. The molecule has 0 amide bonds. The van der Waals surface area contributed by atoms with E-state index in [-0.39, 0.29) is 63.7 Å². The third-order valence-corrected chi connectivity index (χ3v) is 1.65. The van der Waals surface area contributed by atoms with Gasteiger partial charge in [0.1, 0.15) is 5.69 Å². The smallest absolute Gasteiger partial charge is 0.461 e. The maximum Gasteiger partial charge on any atom is 1.00 e. The number of rotatable bonds is 3. The Labute approximate surface area is 133 Å². The molecule has 0 N–H and O–H groups in total. The molecule has 1 rings (SSSR count). The van der Waals surface area contributed by atoms with E-state index in [0.717, 1.165) is 12.1 Å². The van der Waals surface area contributed by atoms with Crippen molar-refractivity contribution in [1.29, 1.82) is 0 Å². The van der Waals surface area contributed by atoms with Gasteiger partial charge in [0, 0.05) is 6.20 Å². The van der Waals surface area contributed by atoms with E-state index in [1.807, 2.05) is 0 Å². The third kappa shape index (κ3) is 4.54. The molecule has 1 aromatic rings. The average Bonchev–Trinajstić information content (AvgIpc) is 2.17. The van der Waals surface area contributed by atoms with E-state index >= 15 is 0 Å². The van der Waals surface area contributed by atoms with Crippen molar-refractivity contribution < 1.29 is 73.9 Å². The van der Waals surface area contributed by atoms with Gasteiger partial charge in [-0.2, -0.15) is 0 Å². The summed E-state index contributed by atoms with van der Waals surface area (Å²) in [5.74, 6) is -0.723. The van der Waals surface area contributed by atoms with E-state index in [1.54, 1.807) is 6.92 Å². The topological polar surface area (TPSA) is 39.2 Å². The van der Waals surface area contributed by atoms with Crippen LogP contribution in [-0.4, -0.2) is 24.5 Å². The fourth-order valence-corrected chi connectivity index (χ4v) is 0.925. The minimum atomic E-state index is -5.07. The first-order valence-corrected chi connectivity index (χ1v) is 4.28. The molecule has 0 aliphatic heterocycles. The van der Waals surface area contributed by atoms with Gasteiger partial charge in [0.2, 0.25) is 0 Å². The van der Waals surface area contributed by atoms with Crippen LogP contribution in [0.2, 0.25) is 0 Å². The van der Waals surface area contributed by atoms with Crippen molar-refractivity contribution in [2.75, 3.05) is 6.61 Å². The number of carbonyl (C=O) groups is 1. The van der Waals surface area contributed by atoms with Gasteiger partial charge in [-0.05, 0) is 13.0 Å². The minimum Gasteiger partial charge on any atom is -0.461 e. The van der Waals surface area contributed by atoms with E-state index in [0.29, 0.717) is 6.20 Å². The van der Waals surface area contributed by atoms with Crippen LogP contribution in [0.1, 0.15) is 17.4 Å². The molecular weight excluding hydrogens is 249 g/mol. The van der Waals surface area contributed by atoms with E-state index < -0.39 is 18.4 Å². The average molecular weight is 257 g/mol. The fraction of sp³-hybridized carbons (Fsp3) is 0.250. The monoisotopic (exact) mass is 257 g/mol. The molecule has 1 aromatic heterocycles. The van der Waals surface area contributed by atoms with E-state index in [2.05, 4.69) is 9.72 Å². The first kappa shape index (κ1) is 16.1. The standard InChI is InChI=1S/C8H8BF3NO2.K/c1-2-15-8(14)7-4-3-6(5-13-7)9(10,11)12;/h3-5H,2H2,1H3;/q-1;+1. The van der Waals surface area contributed by atoms with Gasteiger partial charge in [-0.15, -0.1) is 0 Å². The normalized spacial score (nSPS) is 10.5. The van der Waals surface area contributed by atoms with E-state index in [4.69, 9.17) is 0 Å². The Morgan fingerprint density at radius 3 is 2.44 bits per heavy atom. The summed E-state index contributed by atoms with van der Waals surface area (Å²) in [6.45, 7) is -3.30. The second kappa shape index (κ2) is 6.75. The van der Waals surface area contributed by atoms with Crippen LogP contribution in [-0.2, 0) is 4.74 Å². The van der Waals surface area contributed by atoms with Gasteiger partial charge in [-0.3, -0.25) is 4.98 Å². The molecule has 0 aliphatic carbocycles. The number of aromatic nitrogens is 1. The second-order valence-electron chi connectivity index (χ2n) is 2.77. The summed E-state index contributed by atoms with van der Waals surface area (Å²) in [4.78, 5) is 14.4. The quantitative estimate of drug-likeness (QED) is 0.479. The molecule has 0 radical (unpaired) electrons. The van der Waals surface area contributed by atoms with Gasteiger partial charge < -0.3 is 17.7 Å². The summed E-state index contributed by atoms with van der Waals surface area (Å²) in [5, 5.41) is 0. The fourth-order valence-electron chi connectivity index (χ4n) is 0.925. The third-order valence-electron chi connectivity index (χ3n) is 1.65. The van der Waals surface area contributed by atoms with Crippen LogP contribution in [0.3, 0.4) is 0 Å². The Morgan fingerprint density at radius 2 is 2.06 bits per heavy atom. The number of hydrogen-bond donors (Lipinski definition) is 0. The Bertz CT molecular complexity index is 355. The Morgan fingerprint density at radius 1 is 1.44 bits per heavy atom. The molecular formula is C8H8BF3KNO2. The number of pyridine rings is 1. The number of halogens is 3. The van der Waals surface area contributed by atoms with Gasteiger partial charge in [-0.1, -0.05) is 11.5 Å². The van der Waals surface area contributed by atoms with E-state index in [1.165, 1.54) is 0 Å². The molecule has 0 spiro atoms. The molecule has 0 saturated heterocycles. The molecule has 0 aromatic carbocycles. The van der Waals surface area contributed by atoms with Crippen molar-refractivity contribution in [1.82, 2.24) is 4.98 Å². The van der Waals surface area contributed by atoms with Gasteiger partial charge in [-0.25, -0.2) is 4.79 Å². The zero-order valence-electron chi connectivity index (χ0n) is 8.91. The summed E-state index contributed by atoms with van der Waals surface area (Å²) in [7, 11) is 0. The van der Waals surface area contributed by atoms with Crippen LogP contribution in [0.5, 0.6) is 0 Å². The molecule has 0 atom stereocenters. The van der Waals surface area contributed by atoms with Crippen LogP contribution in [0.25, 0.3) is 0 Å². The van der Waals surface area contributed by atoms with E-state index in [9.17, 15) is 17.7 Å². The largest absolute Gasteiger partial charge is 1.00 e. The molecule has 0 aliphatic rings. The Hall–Kier alpha value is 0.111. The molecule has 16 heavy (non-hydrogen) atoms. The number of hydrogen-bond acceptors (Lipinski definition) is 3. The number of carbonyl (C=O) groups excluding carboxylic acids is 1. The maximum absolute atomic E-state index is 12.2. The summed E-state index contributed by atoms with van der Waals surface area (Å²) in [6.07, 6.45) is 0.631. The predicted octanol–water partition coefficient (Wildman–Crippen LogP) is -1.68. The van der Waals surface area contributed by atoms with Gasteiger partial charge in [0.15, 0.2) is 0 Å². The van der Waals surface area contributed by atoms with Crippen LogP contribution >= 0.6 is 0 Å². The van der Waals surface area contributed by atoms with Crippen LogP contribution in [0.15, 0.2) is 18.3 Å². The van der Waals surface area contributed by atoms with Crippen molar-refractivity contribution in [3.63, 3.8) is 0 Å². The molecule has 0 saturated carbocycles. The van der Waals surface area contributed by atoms with Crippen LogP contribution in [0.4, 0.5) is 12.9 Å². The van der Waals surface area contributed by atoms with Gasteiger partial charge in [0.25, 0.3) is 0 Å². The van der Waals surface area contributed by atoms with Crippen molar-refractivity contribution in [2.45, 2.75) is 6.92 Å². The zero-order valence-corrected chi connectivity index (χ0v) is 12.0. The van der Waals surface area contributed by atoms with Crippen molar-refractivity contribution in [2.24, 2.45) is 0 Å². The van der Waals surface area contributed by atoms with Crippen LogP contribution < -0.4 is 56.8 Å². The molecule has 82 valence electrons. The number of esters is 1. The summed E-state index contributed by atoms with van der Waals surface area (Å²) >= 11 is 0. The number of nitrogens with zero attached hydrogens (tertiary/aromatic N) is 1. The summed E-state index contributed by atoms with van der Waals surface area (Å²) < 4.78 is 41.1. The molecule has 3 nitrogen and oxygen atoms in total. The zero-order chi connectivity index (χ0) is 11.5. The maximum atomic E-state index is 12.2. The summed E-state index contributed by atoms with van der Waals surface area (Å²) in [5.41, 5.74) is -0.955. The van der Waals surface area contributed by atoms with Crippen molar-refractivity contribution >= 4 is 18.4 Å². The van der Waals surface area contributed by atoms with Crippen molar-refractivity contribution in [3.8, 4) is 0 Å². The molecule has 0 bridgehead atoms. The first-order chi connectivity index (χ1) is 6.95. The summed E-state index contributed by atoms with van der Waals surface area (Å²) in [6, 6.07) is 1.82. The predicted molar refractivity (Wildman–Crippen MR) is 48.9 cm³/mol. The second-order valence-corrected chi connectivity index (χ2v) is 2.77. The molecule has 0 unspecified atom stereocenters. The van der Waals surface area contributed by atoms with Gasteiger partial charge >= 0.3 is 64.3 Å². The Kier molecular flexibility index (Phi) is 6.80. The molecule has 0 fully saturated rings. The van der Waals surface area contributed by atoms with Crippen LogP contribution in [0, 0.1) is 0 Å². The van der Waals surface area contributed by atoms with Gasteiger partial charge in [0.05, 0.1) is 6.61 Å².